The summed E-state index contributed by atoms with van der Waals surface area (Å²) in [6.07, 6.45) is 0.605. The molecule has 0 bridgehead atoms. The third kappa shape index (κ3) is 2.32. The summed E-state index contributed by atoms with van der Waals surface area (Å²) in [5.74, 6) is -0.915. The van der Waals surface area contributed by atoms with Crippen LogP contribution in [0.4, 0.5) is 0 Å². The second kappa shape index (κ2) is 4.55. The van der Waals surface area contributed by atoms with E-state index in [4.69, 9.17) is 0 Å². The number of rotatable bonds is 2. The number of esters is 1. The molecule has 0 spiro atoms. The van der Waals surface area contributed by atoms with Gasteiger partial charge in [-0.15, -0.1) is 0 Å². The van der Waals surface area contributed by atoms with Crippen molar-refractivity contribution in [2.45, 2.75) is 32.3 Å². The van der Waals surface area contributed by atoms with Gasteiger partial charge in [0.25, 0.3) is 0 Å². The smallest absolute Gasteiger partial charge is 0.335 e. The van der Waals surface area contributed by atoms with E-state index in [1.165, 1.54) is 7.11 Å². The first-order valence-electron chi connectivity index (χ1n) is 4.85. The van der Waals surface area contributed by atoms with Gasteiger partial charge in [0.1, 0.15) is 5.78 Å². The molecule has 1 rings (SSSR count). The van der Waals surface area contributed by atoms with Gasteiger partial charge in [0.2, 0.25) is 0 Å². The maximum Gasteiger partial charge on any atom is 0.335 e. The third-order valence-corrected chi connectivity index (χ3v) is 2.78. The van der Waals surface area contributed by atoms with Crippen molar-refractivity contribution in [2.75, 3.05) is 7.11 Å². The van der Waals surface area contributed by atoms with Gasteiger partial charge in [0.15, 0.2) is 6.10 Å². The maximum absolute atomic E-state index is 11.4. The Balaban J connectivity index is 2.64. The first-order chi connectivity index (χ1) is 6.56. The van der Waals surface area contributed by atoms with E-state index >= 15 is 0 Å². The van der Waals surface area contributed by atoms with Crippen molar-refractivity contribution in [3.63, 3.8) is 0 Å². The second-order valence-electron chi connectivity index (χ2n) is 3.92. The zero-order chi connectivity index (χ0) is 10.7. The van der Waals surface area contributed by atoms with Gasteiger partial charge in [-0.05, 0) is 18.8 Å². The van der Waals surface area contributed by atoms with E-state index in [9.17, 15) is 14.7 Å². The zero-order valence-corrected chi connectivity index (χ0v) is 8.53. The van der Waals surface area contributed by atoms with E-state index in [0.29, 0.717) is 18.8 Å². The van der Waals surface area contributed by atoms with E-state index in [2.05, 4.69) is 4.74 Å². The molecule has 1 aliphatic rings. The third-order valence-electron chi connectivity index (χ3n) is 2.78. The van der Waals surface area contributed by atoms with Crippen molar-refractivity contribution in [2.24, 2.45) is 11.8 Å². The van der Waals surface area contributed by atoms with E-state index in [-0.39, 0.29) is 5.78 Å². The van der Waals surface area contributed by atoms with Crippen molar-refractivity contribution < 1.29 is 19.4 Å². The highest BCUT2D eigenvalue weighted by Gasteiger charge is 2.36. The van der Waals surface area contributed by atoms with E-state index < -0.39 is 18.0 Å². The zero-order valence-electron chi connectivity index (χ0n) is 8.53. The molecule has 3 atom stereocenters. The average Bonchev–Trinajstić information content (AvgIpc) is 2.19. The number of aliphatic hydroxyl groups is 1. The first kappa shape index (κ1) is 11.2. The number of carbonyl (C=O) groups is 2. The number of ether oxygens (including phenoxy) is 1. The molecule has 0 heterocycles. The molecule has 14 heavy (non-hydrogen) atoms. The molecule has 0 amide bonds. The SMILES string of the molecule is COC(=O)C(O)C1CC(C)CCC1=O. The minimum atomic E-state index is -1.28. The predicted octanol–water partition coefficient (Wildman–Crippen LogP) is 0.526. The molecule has 0 aromatic heterocycles. The van der Waals surface area contributed by atoms with Gasteiger partial charge < -0.3 is 9.84 Å². The predicted molar refractivity (Wildman–Crippen MR) is 49.5 cm³/mol. The molecular weight excluding hydrogens is 184 g/mol. The molecule has 4 heteroatoms. The molecule has 1 saturated carbocycles. The summed E-state index contributed by atoms with van der Waals surface area (Å²) in [5.41, 5.74) is 0. The maximum atomic E-state index is 11.4. The molecule has 0 radical (unpaired) electrons. The lowest BCUT2D eigenvalue weighted by atomic mass is 9.78. The lowest BCUT2D eigenvalue weighted by molar-refractivity contribution is -0.157. The topological polar surface area (TPSA) is 63.6 Å². The van der Waals surface area contributed by atoms with Crippen LogP contribution in [0.3, 0.4) is 0 Å². The second-order valence-corrected chi connectivity index (χ2v) is 3.92. The van der Waals surface area contributed by atoms with Crippen molar-refractivity contribution in [3.8, 4) is 0 Å². The minimum absolute atomic E-state index is 0.0269. The fourth-order valence-corrected chi connectivity index (χ4v) is 1.85. The molecular formula is C10H16O4. The van der Waals surface area contributed by atoms with Crippen LogP contribution in [-0.2, 0) is 14.3 Å². The quantitative estimate of drug-likeness (QED) is 0.660. The Morgan fingerprint density at radius 2 is 2.29 bits per heavy atom. The number of ketones is 1. The molecule has 4 nitrogen and oxygen atoms in total. The number of hydrogen-bond acceptors (Lipinski definition) is 4. The van der Waals surface area contributed by atoms with Crippen LogP contribution in [0.1, 0.15) is 26.2 Å². The molecule has 80 valence electrons. The number of methoxy groups -OCH3 is 1. The van der Waals surface area contributed by atoms with Crippen molar-refractivity contribution in [3.05, 3.63) is 0 Å². The lowest BCUT2D eigenvalue weighted by Crippen LogP contribution is -2.39. The van der Waals surface area contributed by atoms with Crippen LogP contribution in [-0.4, -0.2) is 30.1 Å². The summed E-state index contributed by atoms with van der Waals surface area (Å²) in [5, 5.41) is 9.54. The van der Waals surface area contributed by atoms with Gasteiger partial charge in [0.05, 0.1) is 13.0 Å². The number of hydrogen-bond donors (Lipinski definition) is 1. The fourth-order valence-electron chi connectivity index (χ4n) is 1.85. The summed E-state index contributed by atoms with van der Waals surface area (Å²) in [4.78, 5) is 22.5. The van der Waals surface area contributed by atoms with E-state index in [1.54, 1.807) is 0 Å². The highest BCUT2D eigenvalue weighted by molar-refractivity contribution is 5.88. The molecule has 0 saturated heterocycles. The highest BCUT2D eigenvalue weighted by atomic mass is 16.5. The Kier molecular flexibility index (Phi) is 3.63. The minimum Gasteiger partial charge on any atom is -0.467 e. The van der Waals surface area contributed by atoms with Gasteiger partial charge in [-0.2, -0.15) is 0 Å². The summed E-state index contributed by atoms with van der Waals surface area (Å²) in [6.45, 7) is 2.02. The average molecular weight is 200 g/mol. The summed E-state index contributed by atoms with van der Waals surface area (Å²) < 4.78 is 4.41. The van der Waals surface area contributed by atoms with Crippen molar-refractivity contribution >= 4 is 11.8 Å². The number of aliphatic hydroxyl groups excluding tert-OH is 1. The van der Waals surface area contributed by atoms with Crippen LogP contribution in [0, 0.1) is 11.8 Å². The van der Waals surface area contributed by atoms with E-state index in [0.717, 1.165) is 6.42 Å². The van der Waals surface area contributed by atoms with Crippen LogP contribution in [0.5, 0.6) is 0 Å². The first-order valence-corrected chi connectivity index (χ1v) is 4.85. The van der Waals surface area contributed by atoms with Gasteiger partial charge in [0, 0.05) is 6.42 Å². The van der Waals surface area contributed by atoms with Crippen LogP contribution >= 0.6 is 0 Å². The fraction of sp³-hybridized carbons (Fsp3) is 0.800. The Hall–Kier alpha value is -0.900. The van der Waals surface area contributed by atoms with Crippen LogP contribution in [0.25, 0.3) is 0 Å². The van der Waals surface area contributed by atoms with Crippen molar-refractivity contribution in [1.29, 1.82) is 0 Å². The Labute approximate surface area is 83.2 Å². The Bertz CT molecular complexity index is 236. The summed E-state index contributed by atoms with van der Waals surface area (Å²) in [7, 11) is 1.21. The van der Waals surface area contributed by atoms with Crippen LogP contribution in [0.2, 0.25) is 0 Å². The van der Waals surface area contributed by atoms with Gasteiger partial charge in [-0.1, -0.05) is 6.92 Å². The molecule has 1 N–H and O–H groups in total. The lowest BCUT2D eigenvalue weighted by Gasteiger charge is -2.27. The largest absolute Gasteiger partial charge is 0.467 e. The standard InChI is InChI=1S/C10H16O4/c1-6-3-4-8(11)7(5-6)9(12)10(13)14-2/h6-7,9,12H,3-5H2,1-2H3. The van der Waals surface area contributed by atoms with Gasteiger partial charge in [-0.3, -0.25) is 4.79 Å². The Morgan fingerprint density at radius 1 is 1.64 bits per heavy atom. The normalized spacial score (nSPS) is 29.8. The van der Waals surface area contributed by atoms with E-state index in [1.807, 2.05) is 6.92 Å². The monoisotopic (exact) mass is 200 g/mol. The molecule has 0 aliphatic heterocycles. The number of Topliss-reactive ketones (excluding diaryl/α,β-unsaturated/α-hetero) is 1. The summed E-state index contributed by atoms with van der Waals surface area (Å²) >= 11 is 0. The molecule has 0 aromatic carbocycles. The molecule has 1 aliphatic carbocycles. The van der Waals surface area contributed by atoms with Gasteiger partial charge >= 0.3 is 5.97 Å². The molecule has 3 unspecified atom stereocenters. The van der Waals surface area contributed by atoms with Crippen molar-refractivity contribution in [1.82, 2.24) is 0 Å². The number of carbonyl (C=O) groups excluding carboxylic acids is 2. The molecule has 0 aromatic rings. The Morgan fingerprint density at radius 3 is 2.86 bits per heavy atom. The highest BCUT2D eigenvalue weighted by Crippen LogP contribution is 2.28. The van der Waals surface area contributed by atoms with Gasteiger partial charge in [-0.25, -0.2) is 4.79 Å². The molecule has 1 fully saturated rings. The van der Waals surface area contributed by atoms with Crippen LogP contribution in [0.15, 0.2) is 0 Å². The van der Waals surface area contributed by atoms with Crippen LogP contribution < -0.4 is 0 Å². The summed E-state index contributed by atoms with van der Waals surface area (Å²) in [6, 6.07) is 0.